The van der Waals surface area contributed by atoms with E-state index in [-0.39, 0.29) is 22.1 Å². The van der Waals surface area contributed by atoms with Crippen molar-refractivity contribution in [3.8, 4) is 0 Å². The number of benzene rings is 2. The maximum absolute atomic E-state index is 13.8. The molecule has 2 aromatic carbocycles. The maximum atomic E-state index is 13.8. The highest BCUT2D eigenvalue weighted by Gasteiger charge is 2.53. The first kappa shape index (κ1) is 21.9. The van der Waals surface area contributed by atoms with Crippen LogP contribution < -0.4 is 10.0 Å². The normalized spacial score (nSPS) is 14.5. The molecule has 152 valence electrons. The predicted molar refractivity (Wildman–Crippen MR) is 99.2 cm³/mol. The summed E-state index contributed by atoms with van der Waals surface area (Å²) >= 11 is 0. The van der Waals surface area contributed by atoms with Gasteiger partial charge in [-0.15, -0.1) is 0 Å². The molecule has 0 aliphatic heterocycles. The van der Waals surface area contributed by atoms with E-state index in [1.807, 2.05) is 5.32 Å². The second kappa shape index (κ2) is 7.92. The maximum Gasteiger partial charge on any atom is 0.415 e. The number of hydrogen-bond acceptors (Lipinski definition) is 3. The molecule has 9 heteroatoms. The summed E-state index contributed by atoms with van der Waals surface area (Å²) in [6.07, 6.45) is -4.77. The van der Waals surface area contributed by atoms with E-state index in [1.54, 1.807) is 19.9 Å². The van der Waals surface area contributed by atoms with Crippen LogP contribution >= 0.6 is 0 Å². The van der Waals surface area contributed by atoms with E-state index < -0.39 is 27.6 Å². The van der Waals surface area contributed by atoms with E-state index in [2.05, 4.69) is 4.72 Å². The van der Waals surface area contributed by atoms with Crippen LogP contribution in [0.25, 0.3) is 0 Å². The molecule has 0 radical (unpaired) electrons. The second-order valence-electron chi connectivity index (χ2n) is 6.75. The van der Waals surface area contributed by atoms with Crippen LogP contribution in [0.2, 0.25) is 0 Å². The van der Waals surface area contributed by atoms with Crippen molar-refractivity contribution in [1.29, 1.82) is 0 Å². The van der Waals surface area contributed by atoms with Crippen molar-refractivity contribution in [2.45, 2.75) is 43.4 Å². The number of carbonyl (C=O) groups is 1. The summed E-state index contributed by atoms with van der Waals surface area (Å²) < 4.78 is 68.2. The highest BCUT2D eigenvalue weighted by atomic mass is 32.2. The van der Waals surface area contributed by atoms with E-state index in [0.29, 0.717) is 0 Å². The van der Waals surface area contributed by atoms with E-state index in [4.69, 9.17) is 0 Å². The zero-order chi connectivity index (χ0) is 21.2. The Bertz CT molecular complexity index is 944. The van der Waals surface area contributed by atoms with Gasteiger partial charge in [0.15, 0.2) is 5.54 Å². The molecule has 28 heavy (non-hydrogen) atoms. The second-order valence-corrected chi connectivity index (χ2v) is 8.46. The lowest BCUT2D eigenvalue weighted by atomic mass is 9.90. The van der Waals surface area contributed by atoms with Crippen molar-refractivity contribution < 1.29 is 26.4 Å². The minimum Gasteiger partial charge on any atom is -0.334 e. The molecule has 0 saturated heterocycles. The van der Waals surface area contributed by atoms with Crippen molar-refractivity contribution >= 4 is 15.9 Å². The first-order valence-electron chi connectivity index (χ1n) is 8.44. The first-order valence-corrected chi connectivity index (χ1v) is 9.92. The van der Waals surface area contributed by atoms with Crippen LogP contribution in [0.4, 0.5) is 13.2 Å². The Morgan fingerprint density at radius 2 is 1.61 bits per heavy atom. The van der Waals surface area contributed by atoms with Crippen LogP contribution in [0.15, 0.2) is 59.5 Å². The van der Waals surface area contributed by atoms with Gasteiger partial charge in [-0.25, -0.2) is 13.1 Å². The van der Waals surface area contributed by atoms with Crippen molar-refractivity contribution in [2.75, 3.05) is 0 Å². The largest absolute Gasteiger partial charge is 0.415 e. The molecule has 0 heterocycles. The molecule has 2 N–H and O–H groups in total. The van der Waals surface area contributed by atoms with Gasteiger partial charge in [0.25, 0.3) is 5.91 Å². The molecule has 1 amide bonds. The van der Waals surface area contributed by atoms with Gasteiger partial charge in [0.1, 0.15) is 0 Å². The Kier molecular flexibility index (Phi) is 6.20. The van der Waals surface area contributed by atoms with Gasteiger partial charge in [-0.1, -0.05) is 36.4 Å². The Labute approximate surface area is 162 Å². The number of nitrogens with one attached hydrogen (secondary N) is 2. The first-order chi connectivity index (χ1) is 12.9. The Balaban J connectivity index is 2.39. The van der Waals surface area contributed by atoms with Crippen LogP contribution in [0.3, 0.4) is 0 Å². The standard InChI is InChI=1S/C19H21F3N2O3S/c1-13(2)24-28(26,27)16-11-7-8-14(12-16)17(25)23-18(3,19(20,21)22)15-9-5-4-6-10-15/h4-13,24H,1-3H3,(H,23,25)/t18-/m0/s1. The van der Waals surface area contributed by atoms with Crippen molar-refractivity contribution in [3.05, 3.63) is 65.7 Å². The summed E-state index contributed by atoms with van der Waals surface area (Å²) in [5.41, 5.74) is -2.98. The van der Waals surface area contributed by atoms with Crippen LogP contribution in [0.1, 0.15) is 36.7 Å². The van der Waals surface area contributed by atoms with E-state index in [0.717, 1.165) is 13.0 Å². The monoisotopic (exact) mass is 414 g/mol. The number of rotatable bonds is 6. The Morgan fingerprint density at radius 1 is 1.00 bits per heavy atom. The number of amides is 1. The summed E-state index contributed by atoms with van der Waals surface area (Å²) in [4.78, 5) is 12.3. The highest BCUT2D eigenvalue weighted by Crippen LogP contribution is 2.38. The molecule has 0 fully saturated rings. The third kappa shape index (κ3) is 4.71. The number of sulfonamides is 1. The minimum atomic E-state index is -4.77. The van der Waals surface area contributed by atoms with Crippen LogP contribution in [0, 0.1) is 0 Å². The molecular formula is C19H21F3N2O3S. The topological polar surface area (TPSA) is 75.3 Å². The van der Waals surface area contributed by atoms with Crippen molar-refractivity contribution in [1.82, 2.24) is 10.0 Å². The SMILES string of the molecule is CC(C)NS(=O)(=O)c1cccc(C(=O)N[C@@](C)(c2ccccc2)C(F)(F)F)c1. The fraction of sp³-hybridized carbons (Fsp3) is 0.316. The third-order valence-electron chi connectivity index (χ3n) is 4.08. The van der Waals surface area contributed by atoms with Gasteiger partial charge in [-0.3, -0.25) is 4.79 Å². The predicted octanol–water partition coefficient (Wildman–Crippen LogP) is 3.58. The minimum absolute atomic E-state index is 0.138. The van der Waals surface area contributed by atoms with Crippen LogP contribution in [-0.4, -0.2) is 26.5 Å². The molecule has 0 bridgehead atoms. The lowest BCUT2D eigenvalue weighted by Crippen LogP contribution is -2.53. The van der Waals surface area contributed by atoms with Crippen molar-refractivity contribution in [3.63, 3.8) is 0 Å². The van der Waals surface area contributed by atoms with Gasteiger partial charge in [0, 0.05) is 11.6 Å². The van der Waals surface area contributed by atoms with E-state index >= 15 is 0 Å². The molecule has 0 aliphatic rings. The van der Waals surface area contributed by atoms with Crippen LogP contribution in [0.5, 0.6) is 0 Å². The zero-order valence-corrected chi connectivity index (χ0v) is 16.4. The number of hydrogen-bond donors (Lipinski definition) is 2. The third-order valence-corrected chi connectivity index (χ3v) is 5.74. The summed E-state index contributed by atoms with van der Waals surface area (Å²) in [5.74, 6) is -1.04. The molecule has 1 atom stereocenters. The molecule has 0 spiro atoms. The van der Waals surface area contributed by atoms with Gasteiger partial charge >= 0.3 is 6.18 Å². The summed E-state index contributed by atoms with van der Waals surface area (Å²) in [7, 11) is -3.89. The van der Waals surface area contributed by atoms with Gasteiger partial charge in [0.05, 0.1) is 4.90 Å². The number of halogens is 3. The molecule has 0 unspecified atom stereocenters. The fourth-order valence-corrected chi connectivity index (χ4v) is 3.86. The molecule has 2 rings (SSSR count). The average Bonchev–Trinajstić information content (AvgIpc) is 2.60. The van der Waals surface area contributed by atoms with Crippen LogP contribution in [-0.2, 0) is 15.6 Å². The Hall–Kier alpha value is -2.39. The van der Waals surface area contributed by atoms with Gasteiger partial charge in [-0.2, -0.15) is 13.2 Å². The lowest BCUT2D eigenvalue weighted by molar-refractivity contribution is -0.192. The molecule has 0 aliphatic carbocycles. The number of alkyl halides is 3. The van der Waals surface area contributed by atoms with Gasteiger partial charge in [-0.05, 0) is 44.5 Å². The Morgan fingerprint density at radius 3 is 2.14 bits per heavy atom. The highest BCUT2D eigenvalue weighted by molar-refractivity contribution is 7.89. The lowest BCUT2D eigenvalue weighted by Gasteiger charge is -2.33. The van der Waals surface area contributed by atoms with Crippen molar-refractivity contribution in [2.24, 2.45) is 0 Å². The average molecular weight is 414 g/mol. The van der Waals surface area contributed by atoms with Gasteiger partial charge in [0.2, 0.25) is 10.0 Å². The molecule has 0 aromatic heterocycles. The molecular weight excluding hydrogens is 393 g/mol. The molecule has 5 nitrogen and oxygen atoms in total. The van der Waals surface area contributed by atoms with Gasteiger partial charge < -0.3 is 5.32 Å². The molecule has 0 saturated carbocycles. The quantitative estimate of drug-likeness (QED) is 0.759. The summed E-state index contributed by atoms with van der Waals surface area (Å²) in [6, 6.07) is 11.5. The zero-order valence-electron chi connectivity index (χ0n) is 15.5. The van der Waals surface area contributed by atoms with E-state index in [1.165, 1.54) is 42.5 Å². The number of carbonyl (C=O) groups excluding carboxylic acids is 1. The smallest absolute Gasteiger partial charge is 0.334 e. The summed E-state index contributed by atoms with van der Waals surface area (Å²) in [6.45, 7) is 4.12. The molecule has 2 aromatic rings. The van der Waals surface area contributed by atoms with E-state index in [9.17, 15) is 26.4 Å². The summed E-state index contributed by atoms with van der Waals surface area (Å²) in [5, 5.41) is 2.01. The fourth-order valence-electron chi connectivity index (χ4n) is 2.56.